The fourth-order valence-electron chi connectivity index (χ4n) is 2.82. The van der Waals surface area contributed by atoms with Crippen molar-refractivity contribution in [2.75, 3.05) is 0 Å². The summed E-state index contributed by atoms with van der Waals surface area (Å²) < 4.78 is 0. The molecule has 0 radical (unpaired) electrons. The minimum absolute atomic E-state index is 0.133. The predicted molar refractivity (Wildman–Crippen MR) is 57.5 cm³/mol. The molecule has 2 heteroatoms. The molecule has 0 amide bonds. The van der Waals surface area contributed by atoms with Gasteiger partial charge in [0.05, 0.1) is 0 Å². The van der Waals surface area contributed by atoms with Crippen LogP contribution in [0.2, 0.25) is 0 Å². The summed E-state index contributed by atoms with van der Waals surface area (Å²) in [5.41, 5.74) is 0.703. The summed E-state index contributed by atoms with van der Waals surface area (Å²) in [6, 6.07) is 0. The Morgan fingerprint density at radius 1 is 1.00 bits per heavy atom. The number of hydrogen-bond acceptors (Lipinski definition) is 2. The smallest absolute Gasteiger partial charge is 0.158 e. The average Bonchev–Trinajstić information content (AvgIpc) is 2.79. The Morgan fingerprint density at radius 2 is 1.50 bits per heavy atom. The predicted octanol–water partition coefficient (Wildman–Crippen LogP) is 3.04. The van der Waals surface area contributed by atoms with Gasteiger partial charge in [-0.15, -0.1) is 0 Å². The number of hydrogen-bond donors (Lipinski definition) is 0. The van der Waals surface area contributed by atoms with Crippen molar-refractivity contribution in [1.29, 1.82) is 0 Å². The second-order valence-corrected chi connectivity index (χ2v) is 6.52. The van der Waals surface area contributed by atoms with Gasteiger partial charge in [0, 0.05) is 11.5 Å². The highest BCUT2D eigenvalue weighted by Crippen LogP contribution is 2.63. The van der Waals surface area contributed by atoms with Gasteiger partial charge in [0.1, 0.15) is 0 Å². The van der Waals surface area contributed by atoms with Crippen LogP contribution < -0.4 is 0 Å². The fraction of sp³-hybridized carbons (Fsp3) is 1.00. The molecule has 0 aromatic carbocycles. The first-order valence-electron chi connectivity index (χ1n) is 5.60. The first kappa shape index (κ1) is 10.4. The third-order valence-electron chi connectivity index (χ3n) is 5.66. The van der Waals surface area contributed by atoms with E-state index in [1.165, 1.54) is 0 Å². The van der Waals surface area contributed by atoms with E-state index in [1.807, 2.05) is 0 Å². The van der Waals surface area contributed by atoms with Gasteiger partial charge in [0.25, 0.3) is 0 Å². The van der Waals surface area contributed by atoms with Crippen molar-refractivity contribution in [3.05, 3.63) is 0 Å². The van der Waals surface area contributed by atoms with Crippen LogP contribution in [-0.4, -0.2) is 16.8 Å². The van der Waals surface area contributed by atoms with Crippen LogP contribution in [0.4, 0.5) is 0 Å². The van der Waals surface area contributed by atoms with Gasteiger partial charge in [-0.2, -0.15) is 5.06 Å². The molecule has 2 fully saturated rings. The highest BCUT2D eigenvalue weighted by atomic mass is 16.8. The van der Waals surface area contributed by atoms with E-state index in [1.54, 1.807) is 0 Å². The summed E-state index contributed by atoms with van der Waals surface area (Å²) in [5.74, 6) is 0.602. The number of hydroxylamine groups is 2. The van der Waals surface area contributed by atoms with E-state index < -0.39 is 0 Å². The maximum atomic E-state index is 5.71. The van der Waals surface area contributed by atoms with Gasteiger partial charge in [0.15, 0.2) is 6.23 Å². The molecule has 2 heterocycles. The zero-order valence-corrected chi connectivity index (χ0v) is 10.5. The third kappa shape index (κ3) is 0.892. The van der Waals surface area contributed by atoms with Crippen LogP contribution in [0, 0.1) is 16.7 Å². The molecule has 0 aromatic rings. The molecule has 0 N–H and O–H groups in total. The van der Waals surface area contributed by atoms with Gasteiger partial charge in [-0.05, 0) is 24.7 Å². The zero-order valence-electron chi connectivity index (χ0n) is 10.5. The van der Waals surface area contributed by atoms with Crippen LogP contribution in [0.1, 0.15) is 48.5 Å². The molecule has 0 bridgehead atoms. The molecular weight excluding hydrogens is 174 g/mol. The molecule has 2 aliphatic heterocycles. The molecule has 82 valence electrons. The lowest BCUT2D eigenvalue weighted by atomic mass is 9.52. The summed E-state index contributed by atoms with van der Waals surface area (Å²) in [7, 11) is 0. The molecule has 2 rings (SSSR count). The summed E-state index contributed by atoms with van der Waals surface area (Å²) in [6.07, 6.45) is 0.355. The molecular formula is C12H23NO. The Labute approximate surface area is 87.6 Å². The second-order valence-electron chi connectivity index (χ2n) is 6.52. The van der Waals surface area contributed by atoms with Gasteiger partial charge in [-0.3, -0.25) is 4.84 Å². The van der Waals surface area contributed by atoms with Crippen LogP contribution in [0.3, 0.4) is 0 Å². The lowest BCUT2D eigenvalue weighted by molar-refractivity contribution is -0.109. The van der Waals surface area contributed by atoms with E-state index in [-0.39, 0.29) is 11.0 Å². The van der Waals surface area contributed by atoms with E-state index in [4.69, 9.17) is 4.84 Å². The highest BCUT2D eigenvalue weighted by Gasteiger charge is 2.68. The molecule has 14 heavy (non-hydrogen) atoms. The number of fused-ring (bicyclic) bond motifs is 1. The second kappa shape index (κ2) is 2.35. The van der Waals surface area contributed by atoms with Crippen LogP contribution in [0.5, 0.6) is 0 Å². The van der Waals surface area contributed by atoms with Gasteiger partial charge in [-0.25, -0.2) is 0 Å². The minimum atomic E-state index is 0.133. The van der Waals surface area contributed by atoms with Crippen LogP contribution in [0.15, 0.2) is 0 Å². The molecule has 0 aliphatic carbocycles. The SMILES string of the molecule is CC1C2ON2C(C)(C)C(C)(C)C1(C)C. The maximum Gasteiger partial charge on any atom is 0.158 e. The monoisotopic (exact) mass is 197 g/mol. The Hall–Kier alpha value is -0.0800. The summed E-state index contributed by atoms with van der Waals surface area (Å²) in [4.78, 5) is 5.71. The maximum absolute atomic E-state index is 5.71. The lowest BCUT2D eigenvalue weighted by Gasteiger charge is -2.57. The molecule has 3 atom stereocenters. The largest absolute Gasteiger partial charge is 0.274 e. The molecule has 0 saturated carbocycles. The van der Waals surface area contributed by atoms with Crippen molar-refractivity contribution < 1.29 is 4.84 Å². The Kier molecular flexibility index (Phi) is 1.76. The molecule has 0 aromatic heterocycles. The number of piperidine rings is 1. The van der Waals surface area contributed by atoms with Crippen molar-refractivity contribution in [3.8, 4) is 0 Å². The van der Waals surface area contributed by atoms with E-state index in [0.29, 0.717) is 17.6 Å². The molecule has 2 aliphatic rings. The van der Waals surface area contributed by atoms with Crippen molar-refractivity contribution >= 4 is 0 Å². The van der Waals surface area contributed by atoms with Crippen LogP contribution in [-0.2, 0) is 4.84 Å². The first-order valence-corrected chi connectivity index (χ1v) is 5.60. The quantitative estimate of drug-likeness (QED) is 0.555. The summed E-state index contributed by atoms with van der Waals surface area (Å²) >= 11 is 0. The van der Waals surface area contributed by atoms with E-state index in [0.717, 1.165) is 0 Å². The summed E-state index contributed by atoms with van der Waals surface area (Å²) in [5, 5.41) is 2.18. The van der Waals surface area contributed by atoms with Gasteiger partial charge >= 0.3 is 0 Å². The van der Waals surface area contributed by atoms with Crippen molar-refractivity contribution in [2.45, 2.75) is 60.2 Å². The molecule has 0 spiro atoms. The Morgan fingerprint density at radius 3 is 2.00 bits per heavy atom. The minimum Gasteiger partial charge on any atom is -0.274 e. The topological polar surface area (TPSA) is 15.5 Å². The summed E-state index contributed by atoms with van der Waals surface area (Å²) in [6.45, 7) is 16.4. The Bertz CT molecular complexity index is 267. The van der Waals surface area contributed by atoms with Crippen molar-refractivity contribution in [3.63, 3.8) is 0 Å². The highest BCUT2D eigenvalue weighted by molar-refractivity contribution is 5.11. The number of rotatable bonds is 0. The van der Waals surface area contributed by atoms with Crippen LogP contribution in [0.25, 0.3) is 0 Å². The molecule has 3 unspecified atom stereocenters. The van der Waals surface area contributed by atoms with Gasteiger partial charge < -0.3 is 0 Å². The van der Waals surface area contributed by atoms with E-state index in [9.17, 15) is 0 Å². The average molecular weight is 197 g/mol. The van der Waals surface area contributed by atoms with Crippen LogP contribution >= 0.6 is 0 Å². The van der Waals surface area contributed by atoms with Crippen molar-refractivity contribution in [1.82, 2.24) is 5.06 Å². The fourth-order valence-corrected chi connectivity index (χ4v) is 2.82. The number of nitrogens with zero attached hydrogens (tertiary/aromatic N) is 1. The van der Waals surface area contributed by atoms with Gasteiger partial charge in [-0.1, -0.05) is 34.6 Å². The Balaban J connectivity index is 2.45. The van der Waals surface area contributed by atoms with E-state index in [2.05, 4.69) is 53.5 Å². The zero-order chi connectivity index (χ0) is 10.9. The lowest BCUT2D eigenvalue weighted by Crippen LogP contribution is -2.60. The molecule has 2 saturated heterocycles. The van der Waals surface area contributed by atoms with E-state index >= 15 is 0 Å². The third-order valence-corrected chi connectivity index (χ3v) is 5.66. The first-order chi connectivity index (χ1) is 6.14. The van der Waals surface area contributed by atoms with Crippen molar-refractivity contribution in [2.24, 2.45) is 16.7 Å². The van der Waals surface area contributed by atoms with Gasteiger partial charge in [0.2, 0.25) is 0 Å². The normalized spacial score (nSPS) is 46.9. The standard InChI is InChI=1S/C12H23NO/c1-8-9-13(14-9)12(6,7)11(4,5)10(8,2)3/h8-9H,1-7H3. The molecule has 2 nitrogen and oxygen atoms in total.